The van der Waals surface area contributed by atoms with Gasteiger partial charge in [0.25, 0.3) is 5.22 Å². The zero-order valence-corrected chi connectivity index (χ0v) is 12.6. The zero-order chi connectivity index (χ0) is 13.0. The van der Waals surface area contributed by atoms with Gasteiger partial charge in [-0.2, -0.15) is 0 Å². The van der Waals surface area contributed by atoms with Crippen LogP contribution >= 0.6 is 27.7 Å². The van der Waals surface area contributed by atoms with Crippen LogP contribution < -0.4 is 5.32 Å². The van der Waals surface area contributed by atoms with E-state index in [1.54, 1.807) is 6.92 Å². The van der Waals surface area contributed by atoms with Crippen molar-refractivity contribution < 1.29 is 4.42 Å². The van der Waals surface area contributed by atoms with Gasteiger partial charge in [-0.25, -0.2) is 0 Å². The molecule has 18 heavy (non-hydrogen) atoms. The van der Waals surface area contributed by atoms with Crippen LogP contribution in [-0.4, -0.2) is 16.7 Å². The molecular weight excluding hydrogens is 314 g/mol. The maximum Gasteiger partial charge on any atom is 0.281 e. The largest absolute Gasteiger partial charge is 0.416 e. The van der Waals surface area contributed by atoms with Gasteiger partial charge in [-0.05, 0) is 42.1 Å². The lowest BCUT2D eigenvalue weighted by molar-refractivity contribution is 0.429. The number of hydrogen-bond donors (Lipinski definition) is 1. The third-order valence-electron chi connectivity index (χ3n) is 2.29. The summed E-state index contributed by atoms with van der Waals surface area (Å²) in [6.45, 7) is 5.64. The third-order valence-corrected chi connectivity index (χ3v) is 3.74. The number of nitrogens with zero attached hydrogens (tertiary/aromatic N) is 2. The van der Waals surface area contributed by atoms with Crippen molar-refractivity contribution in [2.45, 2.75) is 30.5 Å². The van der Waals surface area contributed by atoms with Gasteiger partial charge in [0, 0.05) is 22.8 Å². The summed E-state index contributed by atoms with van der Waals surface area (Å²) < 4.78 is 6.46. The Kier molecular flexibility index (Phi) is 4.79. The number of hydrogen-bond acceptors (Lipinski definition) is 5. The van der Waals surface area contributed by atoms with Gasteiger partial charge < -0.3 is 9.73 Å². The zero-order valence-electron chi connectivity index (χ0n) is 10.2. The average molecular weight is 328 g/mol. The average Bonchev–Trinajstić information content (AvgIpc) is 2.75. The smallest absolute Gasteiger partial charge is 0.281 e. The molecule has 0 spiro atoms. The van der Waals surface area contributed by atoms with E-state index in [4.69, 9.17) is 4.42 Å². The van der Waals surface area contributed by atoms with Crippen molar-refractivity contribution in [1.82, 2.24) is 15.5 Å². The molecule has 0 aliphatic carbocycles. The molecule has 6 heteroatoms. The maximum atomic E-state index is 5.39. The highest BCUT2D eigenvalue weighted by Gasteiger charge is 2.09. The van der Waals surface area contributed by atoms with E-state index in [2.05, 4.69) is 50.5 Å². The Labute approximate surface area is 119 Å². The fraction of sp³-hybridized carbons (Fsp3) is 0.333. The minimum atomic E-state index is 0.576. The minimum absolute atomic E-state index is 0.576. The molecule has 0 radical (unpaired) electrons. The van der Waals surface area contributed by atoms with Gasteiger partial charge in [0.15, 0.2) is 0 Å². The second-order valence-electron chi connectivity index (χ2n) is 3.72. The molecule has 1 aromatic carbocycles. The highest BCUT2D eigenvalue weighted by Crippen LogP contribution is 2.31. The van der Waals surface area contributed by atoms with Crippen molar-refractivity contribution in [3.05, 3.63) is 34.1 Å². The number of aromatic nitrogens is 2. The lowest BCUT2D eigenvalue weighted by atomic mass is 10.2. The van der Waals surface area contributed by atoms with Crippen LogP contribution in [-0.2, 0) is 6.54 Å². The third kappa shape index (κ3) is 3.57. The Morgan fingerprint density at radius 2 is 2.22 bits per heavy atom. The van der Waals surface area contributed by atoms with E-state index in [0.29, 0.717) is 11.1 Å². The van der Waals surface area contributed by atoms with E-state index in [-0.39, 0.29) is 0 Å². The molecule has 4 nitrogen and oxygen atoms in total. The molecule has 0 bridgehead atoms. The number of rotatable bonds is 5. The molecule has 0 amide bonds. The molecule has 0 saturated heterocycles. The SMILES string of the molecule is CCNCc1cc(Br)ccc1Sc1nnc(C)o1. The minimum Gasteiger partial charge on any atom is -0.416 e. The molecule has 0 fully saturated rings. The maximum absolute atomic E-state index is 5.39. The van der Waals surface area contributed by atoms with Crippen LogP contribution in [0.2, 0.25) is 0 Å². The molecule has 1 N–H and O–H groups in total. The summed E-state index contributed by atoms with van der Waals surface area (Å²) in [5.74, 6) is 0.586. The normalized spacial score (nSPS) is 10.8. The molecule has 0 saturated carbocycles. The summed E-state index contributed by atoms with van der Waals surface area (Å²) in [4.78, 5) is 1.13. The van der Waals surface area contributed by atoms with Crippen molar-refractivity contribution >= 4 is 27.7 Å². The summed E-state index contributed by atoms with van der Waals surface area (Å²) in [7, 11) is 0. The van der Waals surface area contributed by atoms with Crippen LogP contribution in [0, 0.1) is 6.92 Å². The number of benzene rings is 1. The van der Waals surface area contributed by atoms with Crippen LogP contribution in [0.3, 0.4) is 0 Å². The molecular formula is C12H14BrN3OS. The van der Waals surface area contributed by atoms with Gasteiger partial charge in [-0.1, -0.05) is 22.9 Å². The number of nitrogens with one attached hydrogen (secondary N) is 1. The van der Waals surface area contributed by atoms with Gasteiger partial charge in [0.2, 0.25) is 5.89 Å². The Balaban J connectivity index is 2.20. The summed E-state index contributed by atoms with van der Waals surface area (Å²) in [5, 5.41) is 11.7. The van der Waals surface area contributed by atoms with E-state index in [0.717, 1.165) is 22.5 Å². The fourth-order valence-corrected chi connectivity index (χ4v) is 2.70. The van der Waals surface area contributed by atoms with Crippen molar-refractivity contribution in [2.24, 2.45) is 0 Å². The van der Waals surface area contributed by atoms with Crippen LogP contribution in [0.1, 0.15) is 18.4 Å². The first-order valence-corrected chi connectivity index (χ1v) is 7.27. The number of aryl methyl sites for hydroxylation is 1. The topological polar surface area (TPSA) is 51.0 Å². The fourth-order valence-electron chi connectivity index (χ4n) is 1.46. The molecule has 2 rings (SSSR count). The monoisotopic (exact) mass is 327 g/mol. The number of halogens is 1. The Hall–Kier alpha value is -0.850. The molecule has 0 unspecified atom stereocenters. The molecule has 0 aliphatic heterocycles. The predicted octanol–water partition coefficient (Wildman–Crippen LogP) is 3.40. The van der Waals surface area contributed by atoms with E-state index >= 15 is 0 Å². The van der Waals surface area contributed by atoms with Crippen molar-refractivity contribution in [3.63, 3.8) is 0 Å². The molecule has 0 atom stereocenters. The summed E-state index contributed by atoms with van der Waals surface area (Å²) in [6.07, 6.45) is 0. The first kappa shape index (κ1) is 13.6. The second-order valence-corrected chi connectivity index (χ2v) is 5.63. The molecule has 1 aromatic heterocycles. The highest BCUT2D eigenvalue weighted by atomic mass is 79.9. The first-order chi connectivity index (χ1) is 8.69. The van der Waals surface area contributed by atoms with E-state index in [9.17, 15) is 0 Å². The van der Waals surface area contributed by atoms with Crippen molar-refractivity contribution in [2.75, 3.05) is 6.54 Å². The van der Waals surface area contributed by atoms with Gasteiger partial charge in [0.1, 0.15) is 0 Å². The lowest BCUT2D eigenvalue weighted by Gasteiger charge is -2.08. The molecule has 1 heterocycles. The van der Waals surface area contributed by atoms with Crippen LogP contribution in [0.15, 0.2) is 37.2 Å². The van der Waals surface area contributed by atoms with E-state index in [1.807, 2.05) is 6.07 Å². The molecule has 2 aromatic rings. The van der Waals surface area contributed by atoms with E-state index in [1.165, 1.54) is 17.3 Å². The quantitative estimate of drug-likeness (QED) is 0.912. The summed E-state index contributed by atoms with van der Waals surface area (Å²) in [5.41, 5.74) is 1.21. The summed E-state index contributed by atoms with van der Waals surface area (Å²) >= 11 is 4.98. The standard InChI is InChI=1S/C12H14BrN3OS/c1-3-14-7-9-6-10(13)4-5-11(9)18-12-16-15-8(2)17-12/h4-6,14H,3,7H2,1-2H3. The summed E-state index contributed by atoms with van der Waals surface area (Å²) in [6, 6.07) is 6.18. The Morgan fingerprint density at radius 1 is 1.39 bits per heavy atom. The molecule has 0 aliphatic rings. The van der Waals surface area contributed by atoms with Crippen LogP contribution in [0.25, 0.3) is 0 Å². The van der Waals surface area contributed by atoms with Gasteiger partial charge >= 0.3 is 0 Å². The van der Waals surface area contributed by atoms with Gasteiger partial charge in [0.05, 0.1) is 0 Å². The predicted molar refractivity (Wildman–Crippen MR) is 74.7 cm³/mol. The van der Waals surface area contributed by atoms with Gasteiger partial charge in [-0.3, -0.25) is 0 Å². The van der Waals surface area contributed by atoms with Gasteiger partial charge in [-0.15, -0.1) is 10.2 Å². The van der Waals surface area contributed by atoms with Crippen LogP contribution in [0.4, 0.5) is 0 Å². The lowest BCUT2D eigenvalue weighted by Crippen LogP contribution is -2.12. The van der Waals surface area contributed by atoms with Crippen molar-refractivity contribution in [1.29, 1.82) is 0 Å². The first-order valence-electron chi connectivity index (χ1n) is 5.66. The Bertz CT molecular complexity index is 530. The second kappa shape index (κ2) is 6.36. The van der Waals surface area contributed by atoms with Crippen molar-refractivity contribution in [3.8, 4) is 0 Å². The van der Waals surface area contributed by atoms with Crippen LogP contribution in [0.5, 0.6) is 0 Å². The highest BCUT2D eigenvalue weighted by molar-refractivity contribution is 9.10. The molecule has 96 valence electrons. The van der Waals surface area contributed by atoms with E-state index < -0.39 is 0 Å². The Morgan fingerprint density at radius 3 is 2.89 bits per heavy atom.